The lowest BCUT2D eigenvalue weighted by atomic mass is 10.2. The molecule has 94 valence electrons. The number of esters is 1. The molecular weight excluding hydrogens is 272 g/mol. The Morgan fingerprint density at radius 3 is 3.06 bits per heavy atom. The van der Waals surface area contributed by atoms with Gasteiger partial charge >= 0.3 is 5.97 Å². The molecule has 0 saturated heterocycles. The Kier molecular flexibility index (Phi) is 4.17. The summed E-state index contributed by atoms with van der Waals surface area (Å²) in [4.78, 5) is 15.8. The van der Waals surface area contributed by atoms with Crippen molar-refractivity contribution in [1.29, 1.82) is 0 Å². The SMILES string of the molecule is COC(=O)c1cc(Cl)ccc1NCc1nccs1. The second kappa shape index (κ2) is 5.84. The van der Waals surface area contributed by atoms with Gasteiger partial charge in [-0.1, -0.05) is 11.6 Å². The number of hydrogen-bond acceptors (Lipinski definition) is 5. The summed E-state index contributed by atoms with van der Waals surface area (Å²) in [5.41, 5.74) is 1.10. The Morgan fingerprint density at radius 1 is 1.56 bits per heavy atom. The summed E-state index contributed by atoms with van der Waals surface area (Å²) >= 11 is 7.42. The number of ether oxygens (including phenoxy) is 1. The van der Waals surface area contributed by atoms with Gasteiger partial charge < -0.3 is 10.1 Å². The molecule has 1 aromatic carbocycles. The maximum atomic E-state index is 11.6. The van der Waals surface area contributed by atoms with Gasteiger partial charge in [0.05, 0.1) is 19.2 Å². The molecular formula is C12H11ClN2O2S. The molecule has 1 heterocycles. The van der Waals surface area contributed by atoms with E-state index in [4.69, 9.17) is 16.3 Å². The van der Waals surface area contributed by atoms with E-state index in [2.05, 4.69) is 10.3 Å². The van der Waals surface area contributed by atoms with E-state index in [-0.39, 0.29) is 0 Å². The second-order valence-electron chi connectivity index (χ2n) is 3.46. The lowest BCUT2D eigenvalue weighted by Crippen LogP contribution is -2.08. The Bertz CT molecular complexity index is 543. The molecule has 6 heteroatoms. The van der Waals surface area contributed by atoms with Gasteiger partial charge in [0.25, 0.3) is 0 Å². The molecule has 18 heavy (non-hydrogen) atoms. The van der Waals surface area contributed by atoms with Gasteiger partial charge in [-0.15, -0.1) is 11.3 Å². The molecule has 2 rings (SSSR count). The molecule has 0 aliphatic carbocycles. The largest absolute Gasteiger partial charge is 0.465 e. The minimum absolute atomic E-state index is 0.417. The van der Waals surface area contributed by atoms with Crippen molar-refractivity contribution in [3.05, 3.63) is 45.4 Å². The number of benzene rings is 1. The average molecular weight is 283 g/mol. The molecule has 0 radical (unpaired) electrons. The second-order valence-corrected chi connectivity index (χ2v) is 4.88. The number of nitrogens with one attached hydrogen (secondary N) is 1. The van der Waals surface area contributed by atoms with Crippen molar-refractivity contribution in [3.8, 4) is 0 Å². The van der Waals surface area contributed by atoms with E-state index < -0.39 is 5.97 Å². The van der Waals surface area contributed by atoms with Gasteiger partial charge in [0.2, 0.25) is 0 Å². The van der Waals surface area contributed by atoms with Crippen LogP contribution in [0.15, 0.2) is 29.8 Å². The molecule has 0 unspecified atom stereocenters. The predicted octanol–water partition coefficient (Wildman–Crippen LogP) is 3.20. The minimum Gasteiger partial charge on any atom is -0.465 e. The van der Waals surface area contributed by atoms with Gasteiger partial charge in [-0.25, -0.2) is 9.78 Å². The minimum atomic E-state index is -0.417. The van der Waals surface area contributed by atoms with E-state index in [0.29, 0.717) is 22.8 Å². The number of methoxy groups -OCH3 is 1. The third-order valence-electron chi connectivity index (χ3n) is 2.30. The standard InChI is InChI=1S/C12H11ClN2O2S/c1-17-12(16)9-6-8(13)2-3-10(9)15-7-11-14-4-5-18-11/h2-6,15H,7H2,1H3. The highest BCUT2D eigenvalue weighted by atomic mass is 35.5. The lowest BCUT2D eigenvalue weighted by Gasteiger charge is -2.10. The topological polar surface area (TPSA) is 51.2 Å². The zero-order chi connectivity index (χ0) is 13.0. The Hall–Kier alpha value is -1.59. The summed E-state index contributed by atoms with van der Waals surface area (Å²) in [6.07, 6.45) is 1.74. The van der Waals surface area contributed by atoms with Gasteiger partial charge in [-0.2, -0.15) is 0 Å². The molecule has 0 aliphatic rings. The number of anilines is 1. The van der Waals surface area contributed by atoms with Crippen molar-refractivity contribution >= 4 is 34.6 Å². The van der Waals surface area contributed by atoms with Crippen LogP contribution in [0.5, 0.6) is 0 Å². The fourth-order valence-corrected chi connectivity index (χ4v) is 2.19. The molecule has 0 fully saturated rings. The molecule has 0 bridgehead atoms. The highest BCUT2D eigenvalue weighted by Gasteiger charge is 2.12. The summed E-state index contributed by atoms with van der Waals surface area (Å²) < 4.78 is 4.72. The van der Waals surface area contributed by atoms with E-state index in [0.717, 1.165) is 5.01 Å². The van der Waals surface area contributed by atoms with Crippen LogP contribution in [0.4, 0.5) is 5.69 Å². The maximum Gasteiger partial charge on any atom is 0.340 e. The third-order valence-corrected chi connectivity index (χ3v) is 3.32. The van der Waals surface area contributed by atoms with E-state index in [9.17, 15) is 4.79 Å². The van der Waals surface area contributed by atoms with E-state index in [1.165, 1.54) is 7.11 Å². The first kappa shape index (κ1) is 12.9. The molecule has 0 atom stereocenters. The first-order valence-electron chi connectivity index (χ1n) is 5.21. The van der Waals surface area contributed by atoms with Crippen LogP contribution in [0.1, 0.15) is 15.4 Å². The van der Waals surface area contributed by atoms with E-state index >= 15 is 0 Å². The number of carbonyl (C=O) groups is 1. The third kappa shape index (κ3) is 3.00. The number of halogens is 1. The molecule has 4 nitrogen and oxygen atoms in total. The average Bonchev–Trinajstić information content (AvgIpc) is 2.89. The van der Waals surface area contributed by atoms with Crippen molar-refractivity contribution in [2.75, 3.05) is 12.4 Å². The molecule has 0 aliphatic heterocycles. The molecule has 1 N–H and O–H groups in total. The Balaban J connectivity index is 2.18. The van der Waals surface area contributed by atoms with E-state index in [1.807, 2.05) is 5.38 Å². The maximum absolute atomic E-state index is 11.6. The van der Waals surface area contributed by atoms with Gasteiger partial charge in [-0.3, -0.25) is 0 Å². The van der Waals surface area contributed by atoms with Crippen molar-refractivity contribution in [1.82, 2.24) is 4.98 Å². The van der Waals surface area contributed by atoms with Crippen LogP contribution >= 0.6 is 22.9 Å². The normalized spacial score (nSPS) is 10.1. The highest BCUT2D eigenvalue weighted by Crippen LogP contribution is 2.22. The van der Waals surface area contributed by atoms with Gasteiger partial charge in [0, 0.05) is 22.3 Å². The highest BCUT2D eigenvalue weighted by molar-refractivity contribution is 7.09. The fourth-order valence-electron chi connectivity index (χ4n) is 1.46. The summed E-state index contributed by atoms with van der Waals surface area (Å²) in [5.74, 6) is -0.417. The van der Waals surface area contributed by atoms with Crippen molar-refractivity contribution in [2.45, 2.75) is 6.54 Å². The quantitative estimate of drug-likeness (QED) is 0.875. The van der Waals surface area contributed by atoms with Crippen LogP contribution in [0, 0.1) is 0 Å². The van der Waals surface area contributed by atoms with Crippen LogP contribution < -0.4 is 5.32 Å². The number of hydrogen-bond donors (Lipinski definition) is 1. The van der Waals surface area contributed by atoms with Crippen LogP contribution in [-0.2, 0) is 11.3 Å². The summed E-state index contributed by atoms with van der Waals surface area (Å²) in [6, 6.07) is 5.05. The zero-order valence-corrected chi connectivity index (χ0v) is 11.2. The lowest BCUT2D eigenvalue weighted by molar-refractivity contribution is 0.0602. The molecule has 2 aromatic rings. The first-order chi connectivity index (χ1) is 8.70. The van der Waals surface area contributed by atoms with E-state index in [1.54, 1.807) is 35.7 Å². The number of thiazole rings is 1. The van der Waals surface area contributed by atoms with Gasteiger partial charge in [-0.05, 0) is 18.2 Å². The molecule has 1 aromatic heterocycles. The number of rotatable bonds is 4. The van der Waals surface area contributed by atoms with Gasteiger partial charge in [0.1, 0.15) is 5.01 Å². The summed E-state index contributed by atoms with van der Waals surface area (Å²) in [6.45, 7) is 0.559. The van der Waals surface area contributed by atoms with Crippen molar-refractivity contribution in [2.24, 2.45) is 0 Å². The molecule has 0 spiro atoms. The van der Waals surface area contributed by atoms with Crippen LogP contribution in [0.2, 0.25) is 5.02 Å². The molecule has 0 amide bonds. The van der Waals surface area contributed by atoms with Gasteiger partial charge in [0.15, 0.2) is 0 Å². The predicted molar refractivity (Wildman–Crippen MR) is 72.2 cm³/mol. The Morgan fingerprint density at radius 2 is 2.39 bits per heavy atom. The first-order valence-corrected chi connectivity index (χ1v) is 6.46. The Labute approximate surface area is 114 Å². The van der Waals surface area contributed by atoms with Crippen LogP contribution in [0.3, 0.4) is 0 Å². The zero-order valence-electron chi connectivity index (χ0n) is 9.64. The van der Waals surface area contributed by atoms with Crippen molar-refractivity contribution in [3.63, 3.8) is 0 Å². The number of aromatic nitrogens is 1. The fraction of sp³-hybridized carbons (Fsp3) is 0.167. The summed E-state index contributed by atoms with van der Waals surface area (Å²) in [5, 5.41) is 6.49. The smallest absolute Gasteiger partial charge is 0.340 e. The summed E-state index contributed by atoms with van der Waals surface area (Å²) in [7, 11) is 1.34. The van der Waals surface area contributed by atoms with Crippen LogP contribution in [0.25, 0.3) is 0 Å². The molecule has 0 saturated carbocycles. The van der Waals surface area contributed by atoms with Crippen LogP contribution in [-0.4, -0.2) is 18.1 Å². The number of nitrogens with zero attached hydrogens (tertiary/aromatic N) is 1. The monoisotopic (exact) mass is 282 g/mol. The number of carbonyl (C=O) groups excluding carboxylic acids is 1. The van der Waals surface area contributed by atoms with Crippen molar-refractivity contribution < 1.29 is 9.53 Å².